The Kier molecular flexibility index (Phi) is 8.43. The van der Waals surface area contributed by atoms with E-state index >= 15 is 0 Å². The lowest BCUT2D eigenvalue weighted by molar-refractivity contribution is -0.140. The fourth-order valence-corrected chi connectivity index (χ4v) is 4.26. The van der Waals surface area contributed by atoms with E-state index in [9.17, 15) is 14.7 Å². The highest BCUT2D eigenvalue weighted by atomic mass is 32.1. The molecule has 178 valence electrons. The van der Waals surface area contributed by atoms with E-state index < -0.39 is 17.9 Å². The van der Waals surface area contributed by atoms with Gasteiger partial charge in [0.1, 0.15) is 11.8 Å². The van der Waals surface area contributed by atoms with Crippen LogP contribution < -0.4 is 15.0 Å². The first-order chi connectivity index (χ1) is 16.3. The number of carbonyl (C=O) groups excluding carboxylic acids is 1. The Bertz CT molecular complexity index is 1140. The molecular weight excluding hydrogens is 450 g/mol. The molecule has 7 nitrogen and oxygen atoms in total. The molecule has 34 heavy (non-hydrogen) atoms. The van der Waals surface area contributed by atoms with E-state index in [4.69, 9.17) is 9.72 Å². The molecule has 0 fully saturated rings. The van der Waals surface area contributed by atoms with Crippen molar-refractivity contribution in [1.29, 1.82) is 0 Å². The second kappa shape index (κ2) is 11.5. The molecule has 3 rings (SSSR count). The molecule has 0 spiro atoms. The van der Waals surface area contributed by atoms with Gasteiger partial charge in [-0.15, -0.1) is 17.9 Å². The molecule has 0 aliphatic heterocycles. The largest absolute Gasteiger partial charge is 0.497 e. The first kappa shape index (κ1) is 25.0. The highest BCUT2D eigenvalue weighted by Crippen LogP contribution is 2.30. The number of rotatable bonds is 11. The Labute approximate surface area is 203 Å². The first-order valence-electron chi connectivity index (χ1n) is 10.9. The van der Waals surface area contributed by atoms with Gasteiger partial charge in [-0.25, -0.2) is 9.78 Å². The normalized spacial score (nSPS) is 11.6. The SMILES string of the molecule is C=CCN(Cc1ccc(C(=O)NC(C(=O)O)C(C)C)cc1)c1nc(-c2cccc(OC)c2)cs1. The average Bonchev–Trinajstić information content (AvgIpc) is 3.32. The fourth-order valence-electron chi connectivity index (χ4n) is 3.41. The highest BCUT2D eigenvalue weighted by molar-refractivity contribution is 7.14. The van der Waals surface area contributed by atoms with Crippen LogP contribution in [0.1, 0.15) is 29.8 Å². The number of carboxylic acid groups (broad SMARTS) is 1. The van der Waals surface area contributed by atoms with Crippen LogP contribution in [0, 0.1) is 5.92 Å². The van der Waals surface area contributed by atoms with E-state index in [1.807, 2.05) is 47.9 Å². The van der Waals surface area contributed by atoms with Gasteiger partial charge in [-0.2, -0.15) is 0 Å². The van der Waals surface area contributed by atoms with Gasteiger partial charge >= 0.3 is 5.97 Å². The van der Waals surface area contributed by atoms with E-state index in [-0.39, 0.29) is 5.92 Å². The van der Waals surface area contributed by atoms with Gasteiger partial charge in [-0.3, -0.25) is 4.79 Å². The van der Waals surface area contributed by atoms with Crippen molar-refractivity contribution < 1.29 is 19.4 Å². The number of benzene rings is 2. The third-order valence-corrected chi connectivity index (χ3v) is 6.19. The molecule has 1 unspecified atom stereocenters. The summed E-state index contributed by atoms with van der Waals surface area (Å²) in [4.78, 5) is 30.8. The van der Waals surface area contributed by atoms with Crippen molar-refractivity contribution in [3.8, 4) is 17.0 Å². The molecule has 0 aliphatic rings. The second-order valence-corrected chi connectivity index (χ2v) is 8.98. The van der Waals surface area contributed by atoms with Crippen molar-refractivity contribution in [2.24, 2.45) is 5.92 Å². The van der Waals surface area contributed by atoms with E-state index in [0.29, 0.717) is 18.7 Å². The Morgan fingerprint density at radius 3 is 2.59 bits per heavy atom. The van der Waals surface area contributed by atoms with Crippen molar-refractivity contribution in [2.75, 3.05) is 18.6 Å². The second-order valence-electron chi connectivity index (χ2n) is 8.15. The summed E-state index contributed by atoms with van der Waals surface area (Å²) < 4.78 is 5.31. The molecule has 0 saturated carbocycles. The van der Waals surface area contributed by atoms with Crippen LogP contribution in [0.25, 0.3) is 11.3 Å². The van der Waals surface area contributed by atoms with Gasteiger partial charge in [0.15, 0.2) is 5.13 Å². The number of amides is 1. The van der Waals surface area contributed by atoms with Crippen molar-refractivity contribution >= 4 is 28.3 Å². The summed E-state index contributed by atoms with van der Waals surface area (Å²) in [7, 11) is 1.64. The number of anilines is 1. The van der Waals surface area contributed by atoms with Crippen LogP contribution >= 0.6 is 11.3 Å². The maximum atomic E-state index is 12.5. The maximum Gasteiger partial charge on any atom is 0.326 e. The summed E-state index contributed by atoms with van der Waals surface area (Å²) in [5.41, 5.74) is 3.27. The van der Waals surface area contributed by atoms with Crippen molar-refractivity contribution in [2.45, 2.75) is 26.4 Å². The first-order valence-corrected chi connectivity index (χ1v) is 11.8. The number of aromatic nitrogens is 1. The third-order valence-electron chi connectivity index (χ3n) is 5.29. The predicted molar refractivity (Wildman–Crippen MR) is 136 cm³/mol. The fraction of sp³-hybridized carbons (Fsp3) is 0.269. The Balaban J connectivity index is 1.72. The lowest BCUT2D eigenvalue weighted by Gasteiger charge is -2.20. The van der Waals surface area contributed by atoms with Crippen LogP contribution in [-0.4, -0.2) is 41.7 Å². The van der Waals surface area contributed by atoms with Crippen LogP contribution in [0.2, 0.25) is 0 Å². The average molecular weight is 480 g/mol. The Morgan fingerprint density at radius 1 is 1.24 bits per heavy atom. The van der Waals surface area contributed by atoms with Crippen LogP contribution in [0.4, 0.5) is 5.13 Å². The van der Waals surface area contributed by atoms with Crippen LogP contribution in [0.15, 0.2) is 66.6 Å². The molecule has 2 N–H and O–H groups in total. The minimum absolute atomic E-state index is 0.214. The lowest BCUT2D eigenvalue weighted by atomic mass is 10.0. The Hall–Kier alpha value is -3.65. The van der Waals surface area contributed by atoms with Crippen molar-refractivity contribution in [3.63, 3.8) is 0 Å². The topological polar surface area (TPSA) is 91.8 Å². The summed E-state index contributed by atoms with van der Waals surface area (Å²) in [6, 6.07) is 14.0. The predicted octanol–water partition coefficient (Wildman–Crippen LogP) is 4.85. The molecule has 0 saturated heterocycles. The summed E-state index contributed by atoms with van der Waals surface area (Å²) in [5, 5.41) is 14.8. The molecule has 0 aliphatic carbocycles. The lowest BCUT2D eigenvalue weighted by Crippen LogP contribution is -2.44. The number of nitrogens with zero attached hydrogens (tertiary/aromatic N) is 2. The number of ether oxygens (including phenoxy) is 1. The number of nitrogens with one attached hydrogen (secondary N) is 1. The van der Waals surface area contributed by atoms with Crippen molar-refractivity contribution in [3.05, 3.63) is 77.7 Å². The molecular formula is C26H29N3O4S. The van der Waals surface area contributed by atoms with E-state index in [0.717, 1.165) is 27.7 Å². The number of aliphatic carboxylic acids is 1. The number of carboxylic acids is 1. The number of carbonyl (C=O) groups is 2. The van der Waals surface area contributed by atoms with Gasteiger partial charge < -0.3 is 20.1 Å². The number of methoxy groups -OCH3 is 1. The minimum atomic E-state index is -1.04. The van der Waals surface area contributed by atoms with Crippen molar-refractivity contribution in [1.82, 2.24) is 10.3 Å². The molecule has 3 aromatic rings. The number of thiazole rings is 1. The summed E-state index contributed by atoms with van der Waals surface area (Å²) in [6.07, 6.45) is 1.83. The molecule has 0 radical (unpaired) electrons. The molecule has 1 aromatic heterocycles. The monoisotopic (exact) mass is 479 g/mol. The van der Waals surface area contributed by atoms with Gasteiger partial charge in [-0.05, 0) is 35.7 Å². The molecule has 1 heterocycles. The summed E-state index contributed by atoms with van der Waals surface area (Å²) in [5.74, 6) is -0.884. The maximum absolute atomic E-state index is 12.5. The quantitative estimate of drug-likeness (QED) is 0.382. The molecule has 1 atom stereocenters. The summed E-state index contributed by atoms with van der Waals surface area (Å²) in [6.45, 7) is 8.58. The molecule has 0 bridgehead atoms. The minimum Gasteiger partial charge on any atom is -0.497 e. The zero-order valence-electron chi connectivity index (χ0n) is 19.5. The summed E-state index contributed by atoms with van der Waals surface area (Å²) >= 11 is 1.55. The van der Waals surface area contributed by atoms with Gasteiger partial charge in [0.25, 0.3) is 5.91 Å². The standard InChI is InChI=1S/C26H29N3O4S/c1-5-13-29(26-27-22(16-34-26)20-7-6-8-21(14-20)33-4)15-18-9-11-19(12-10-18)24(30)28-23(17(2)3)25(31)32/h5-12,14,16-17,23H,1,13,15H2,2-4H3,(H,28,30)(H,31,32). The number of hydrogen-bond donors (Lipinski definition) is 2. The number of hydrogen-bond acceptors (Lipinski definition) is 6. The zero-order chi connectivity index (χ0) is 24.7. The Morgan fingerprint density at radius 2 is 1.97 bits per heavy atom. The van der Waals surface area contributed by atoms with Crippen LogP contribution in [0.3, 0.4) is 0 Å². The molecule has 8 heteroatoms. The van der Waals surface area contributed by atoms with Crippen LogP contribution in [-0.2, 0) is 11.3 Å². The van der Waals surface area contributed by atoms with Gasteiger partial charge in [0.05, 0.1) is 12.8 Å². The highest BCUT2D eigenvalue weighted by Gasteiger charge is 2.24. The molecule has 1 amide bonds. The third kappa shape index (κ3) is 6.23. The van der Waals surface area contributed by atoms with Gasteiger partial charge in [-0.1, -0.05) is 44.2 Å². The van der Waals surface area contributed by atoms with E-state index in [1.165, 1.54) is 0 Å². The van der Waals surface area contributed by atoms with Gasteiger partial charge in [0.2, 0.25) is 0 Å². The molecule has 2 aromatic carbocycles. The van der Waals surface area contributed by atoms with Gasteiger partial charge in [0, 0.05) is 29.6 Å². The smallest absolute Gasteiger partial charge is 0.326 e. The van der Waals surface area contributed by atoms with Crippen LogP contribution in [0.5, 0.6) is 5.75 Å². The van der Waals surface area contributed by atoms with E-state index in [2.05, 4.69) is 16.8 Å². The van der Waals surface area contributed by atoms with E-state index in [1.54, 1.807) is 44.4 Å². The zero-order valence-corrected chi connectivity index (χ0v) is 20.3.